The van der Waals surface area contributed by atoms with Crippen molar-refractivity contribution in [3.63, 3.8) is 0 Å². The van der Waals surface area contributed by atoms with E-state index in [9.17, 15) is 9.59 Å². The second kappa shape index (κ2) is 15.2. The molecule has 0 unspecified atom stereocenters. The molecule has 0 saturated heterocycles. The summed E-state index contributed by atoms with van der Waals surface area (Å²) in [6.07, 6.45) is 0. The van der Waals surface area contributed by atoms with Crippen LogP contribution in [-0.4, -0.2) is 81.8 Å². The van der Waals surface area contributed by atoms with Gasteiger partial charge in [0.05, 0.1) is 31.8 Å². The molecular formula is C11H24O8. The third kappa shape index (κ3) is 17.1. The molecule has 6 N–H and O–H groups in total. The molecule has 0 saturated carbocycles. The van der Waals surface area contributed by atoms with E-state index >= 15 is 0 Å². The number of ketones is 2. The summed E-state index contributed by atoms with van der Waals surface area (Å²) in [6.45, 7) is 0.375. The number of Topliss-reactive ketones (excluding diaryl/α,β-unsaturated/α-hetero) is 2. The minimum atomic E-state index is -1.11. The van der Waals surface area contributed by atoms with E-state index in [1.165, 1.54) is 13.8 Å². The van der Waals surface area contributed by atoms with Gasteiger partial charge in [-0.3, -0.25) is 9.59 Å². The van der Waals surface area contributed by atoms with E-state index in [2.05, 4.69) is 0 Å². The number of carbonyl (C=O) groups excluding carboxylic acids is 2. The molecule has 0 aliphatic heterocycles. The molecule has 8 heteroatoms. The molecule has 0 aliphatic carbocycles. The van der Waals surface area contributed by atoms with Crippen LogP contribution < -0.4 is 0 Å². The van der Waals surface area contributed by atoms with Gasteiger partial charge in [-0.2, -0.15) is 0 Å². The first kappa shape index (κ1) is 23.2. The Morgan fingerprint density at radius 2 is 0.842 bits per heavy atom. The molecule has 8 nitrogen and oxygen atoms in total. The predicted octanol–water partition coefficient (Wildman–Crippen LogP) is -2.92. The Morgan fingerprint density at radius 3 is 0.842 bits per heavy atom. The summed E-state index contributed by atoms with van der Waals surface area (Å²) in [5, 5.41) is 49.6. The third-order valence-corrected chi connectivity index (χ3v) is 1.79. The highest BCUT2D eigenvalue weighted by Crippen LogP contribution is 2.11. The first-order valence-electron chi connectivity index (χ1n) is 5.43. The molecule has 0 bridgehead atoms. The van der Waals surface area contributed by atoms with E-state index in [0.29, 0.717) is 0 Å². The Morgan fingerprint density at radius 1 is 0.684 bits per heavy atom. The Bertz CT molecular complexity index is 193. The van der Waals surface area contributed by atoms with Crippen LogP contribution in [0.1, 0.15) is 13.8 Å². The van der Waals surface area contributed by atoms with Gasteiger partial charge < -0.3 is 30.6 Å². The van der Waals surface area contributed by atoms with Crippen molar-refractivity contribution in [1.82, 2.24) is 0 Å². The van der Waals surface area contributed by atoms with Gasteiger partial charge in [0.1, 0.15) is 13.2 Å². The molecule has 0 aromatic heterocycles. The third-order valence-electron chi connectivity index (χ3n) is 1.79. The van der Waals surface area contributed by atoms with Crippen LogP contribution in [0.5, 0.6) is 0 Å². The zero-order chi connectivity index (χ0) is 15.9. The molecular weight excluding hydrogens is 260 g/mol. The number of aliphatic hydroxyl groups excluding tert-OH is 6. The zero-order valence-electron chi connectivity index (χ0n) is 11.2. The van der Waals surface area contributed by atoms with E-state index < -0.39 is 31.8 Å². The average molecular weight is 284 g/mol. The maximum Gasteiger partial charge on any atom is 0.155 e. The minimum Gasteiger partial charge on any atom is -0.396 e. The van der Waals surface area contributed by atoms with Crippen LogP contribution in [-0.2, 0) is 9.59 Å². The highest BCUT2D eigenvalue weighted by Gasteiger charge is 2.26. The van der Waals surface area contributed by atoms with Gasteiger partial charge in [-0.25, -0.2) is 0 Å². The minimum absolute atomic E-state index is 0.190. The van der Waals surface area contributed by atoms with Crippen molar-refractivity contribution in [2.24, 2.45) is 5.41 Å². The van der Waals surface area contributed by atoms with Gasteiger partial charge in [-0.15, -0.1) is 0 Å². The number of aliphatic hydroxyl groups is 6. The van der Waals surface area contributed by atoms with Crippen LogP contribution in [0.4, 0.5) is 0 Å². The lowest BCUT2D eigenvalue weighted by Crippen LogP contribution is -2.37. The highest BCUT2D eigenvalue weighted by atomic mass is 16.3. The summed E-state index contributed by atoms with van der Waals surface area (Å²) < 4.78 is 0. The number of carbonyl (C=O) groups is 2. The van der Waals surface area contributed by atoms with Gasteiger partial charge in [0.25, 0.3) is 0 Å². The van der Waals surface area contributed by atoms with Crippen molar-refractivity contribution in [2.75, 3.05) is 39.6 Å². The SMILES string of the molecule is CC(=O)CO.CC(=O)CO.OCC(CO)(CO)CO. The molecule has 0 rings (SSSR count). The fourth-order valence-electron chi connectivity index (χ4n) is 0.300. The molecule has 0 atom stereocenters. The summed E-state index contributed by atoms with van der Waals surface area (Å²) in [5.41, 5.74) is -1.11. The maximum absolute atomic E-state index is 9.56. The molecule has 116 valence electrons. The van der Waals surface area contributed by atoms with E-state index in [4.69, 9.17) is 30.6 Å². The van der Waals surface area contributed by atoms with Crippen LogP contribution in [0.3, 0.4) is 0 Å². The second-order valence-electron chi connectivity index (χ2n) is 3.85. The van der Waals surface area contributed by atoms with Gasteiger partial charge >= 0.3 is 0 Å². The number of rotatable bonds is 6. The van der Waals surface area contributed by atoms with Gasteiger partial charge in [-0.05, 0) is 13.8 Å². The van der Waals surface area contributed by atoms with Crippen molar-refractivity contribution < 1.29 is 40.2 Å². The van der Waals surface area contributed by atoms with Crippen LogP contribution >= 0.6 is 0 Å². The topological polar surface area (TPSA) is 156 Å². The molecule has 0 aliphatic rings. The van der Waals surface area contributed by atoms with E-state index in [1.54, 1.807) is 0 Å². The first-order valence-corrected chi connectivity index (χ1v) is 5.43. The Kier molecular flexibility index (Phi) is 18.5. The van der Waals surface area contributed by atoms with Crippen LogP contribution in [0.25, 0.3) is 0 Å². The predicted molar refractivity (Wildman–Crippen MR) is 66.3 cm³/mol. The number of hydrogen-bond donors (Lipinski definition) is 6. The lowest BCUT2D eigenvalue weighted by atomic mass is 9.93. The summed E-state index contributed by atoms with van der Waals surface area (Å²) in [5.74, 6) is -0.380. The fourth-order valence-corrected chi connectivity index (χ4v) is 0.300. The van der Waals surface area contributed by atoms with Crippen LogP contribution in [0.15, 0.2) is 0 Å². The summed E-state index contributed by atoms with van der Waals surface area (Å²) in [6, 6.07) is 0. The molecule has 0 aromatic carbocycles. The van der Waals surface area contributed by atoms with Gasteiger partial charge in [0.15, 0.2) is 11.6 Å². The van der Waals surface area contributed by atoms with Crippen molar-refractivity contribution in [3.8, 4) is 0 Å². The van der Waals surface area contributed by atoms with Crippen molar-refractivity contribution >= 4 is 11.6 Å². The van der Waals surface area contributed by atoms with Gasteiger partial charge in [-0.1, -0.05) is 0 Å². The van der Waals surface area contributed by atoms with E-state index in [1.807, 2.05) is 0 Å². The largest absolute Gasteiger partial charge is 0.396 e. The number of hydrogen-bond acceptors (Lipinski definition) is 8. The Balaban J connectivity index is -0.000000219. The van der Waals surface area contributed by atoms with E-state index in [-0.39, 0.29) is 24.8 Å². The monoisotopic (exact) mass is 284 g/mol. The first-order chi connectivity index (χ1) is 8.78. The van der Waals surface area contributed by atoms with Crippen LogP contribution in [0, 0.1) is 5.41 Å². The molecule has 0 fully saturated rings. The lowest BCUT2D eigenvalue weighted by molar-refractivity contribution is -0.120. The fraction of sp³-hybridized carbons (Fsp3) is 0.818. The highest BCUT2D eigenvalue weighted by molar-refractivity contribution is 5.76. The Labute approximate surface area is 111 Å². The summed E-state index contributed by atoms with van der Waals surface area (Å²) in [4.78, 5) is 19.1. The zero-order valence-corrected chi connectivity index (χ0v) is 11.2. The quantitative estimate of drug-likeness (QED) is 0.303. The normalized spacial score (nSPS) is 9.68. The Hall–Kier alpha value is -0.900. The van der Waals surface area contributed by atoms with Crippen molar-refractivity contribution in [2.45, 2.75) is 13.8 Å². The maximum atomic E-state index is 9.56. The molecule has 0 spiro atoms. The average Bonchev–Trinajstić information content (AvgIpc) is 2.43. The molecule has 0 heterocycles. The van der Waals surface area contributed by atoms with Crippen LogP contribution in [0.2, 0.25) is 0 Å². The molecule has 0 amide bonds. The van der Waals surface area contributed by atoms with Crippen molar-refractivity contribution in [1.29, 1.82) is 0 Å². The standard InChI is InChI=1S/C5H12O4.2C3H6O2/c6-1-5(2-7,3-8)4-9;2*1-3(5)2-4/h6-9H,1-4H2;2*4H,2H2,1H3. The molecule has 0 radical (unpaired) electrons. The lowest BCUT2D eigenvalue weighted by Gasteiger charge is -2.23. The van der Waals surface area contributed by atoms with E-state index in [0.717, 1.165) is 0 Å². The summed E-state index contributed by atoms with van der Waals surface area (Å²) in [7, 11) is 0. The van der Waals surface area contributed by atoms with Crippen molar-refractivity contribution in [3.05, 3.63) is 0 Å². The van der Waals surface area contributed by atoms with Gasteiger partial charge in [0.2, 0.25) is 0 Å². The smallest absolute Gasteiger partial charge is 0.155 e. The summed E-state index contributed by atoms with van der Waals surface area (Å²) >= 11 is 0. The second-order valence-corrected chi connectivity index (χ2v) is 3.85. The molecule has 19 heavy (non-hydrogen) atoms. The van der Waals surface area contributed by atoms with Gasteiger partial charge in [0, 0.05) is 0 Å². The molecule has 0 aromatic rings.